The van der Waals surface area contributed by atoms with Crippen LogP contribution in [0, 0.1) is 6.92 Å². The Kier molecular flexibility index (Phi) is 4.37. The summed E-state index contributed by atoms with van der Waals surface area (Å²) in [6.07, 6.45) is 0. The van der Waals surface area contributed by atoms with Crippen LogP contribution in [0.2, 0.25) is 0 Å². The number of benzene rings is 1. The second kappa shape index (κ2) is 6.28. The van der Waals surface area contributed by atoms with Crippen molar-refractivity contribution in [3.05, 3.63) is 41.3 Å². The molecule has 5 nitrogen and oxygen atoms in total. The molecule has 2 heterocycles. The van der Waals surface area contributed by atoms with Gasteiger partial charge >= 0.3 is 0 Å². The van der Waals surface area contributed by atoms with Crippen LogP contribution in [-0.2, 0) is 14.8 Å². The second-order valence-corrected chi connectivity index (χ2v) is 8.32. The Bertz CT molecular complexity index is 750. The number of anilines is 2. The van der Waals surface area contributed by atoms with Gasteiger partial charge in [-0.25, -0.2) is 8.42 Å². The molecule has 0 atom stereocenters. The first-order chi connectivity index (χ1) is 10.5. The van der Waals surface area contributed by atoms with E-state index < -0.39 is 10.0 Å². The second-order valence-electron chi connectivity index (χ2n) is 5.12. The van der Waals surface area contributed by atoms with E-state index in [1.54, 1.807) is 12.1 Å². The normalized spacial score (nSPS) is 15.8. The largest absolute Gasteiger partial charge is 0.378 e. The van der Waals surface area contributed by atoms with Crippen molar-refractivity contribution in [3.63, 3.8) is 0 Å². The summed E-state index contributed by atoms with van der Waals surface area (Å²) in [7, 11) is -3.51. The highest BCUT2D eigenvalue weighted by Gasteiger charge is 2.17. The van der Waals surface area contributed by atoms with Crippen LogP contribution in [0.25, 0.3) is 0 Å². The molecule has 22 heavy (non-hydrogen) atoms. The van der Waals surface area contributed by atoms with Gasteiger partial charge < -0.3 is 9.64 Å². The molecule has 1 aliphatic rings. The maximum absolute atomic E-state index is 12.4. The van der Waals surface area contributed by atoms with E-state index in [9.17, 15) is 8.42 Å². The van der Waals surface area contributed by atoms with Crippen LogP contribution in [0.15, 0.2) is 40.6 Å². The van der Waals surface area contributed by atoms with Crippen LogP contribution < -0.4 is 9.62 Å². The SMILES string of the molecule is Cc1ccc(S(=O)(=O)Nc2cccc(N3CCOCC3)c2)s1. The number of aryl methyl sites for hydroxylation is 1. The minimum absolute atomic E-state index is 0.335. The number of thiophene rings is 1. The van der Waals surface area contributed by atoms with E-state index >= 15 is 0 Å². The molecule has 118 valence electrons. The van der Waals surface area contributed by atoms with Crippen LogP contribution in [-0.4, -0.2) is 34.7 Å². The molecule has 3 rings (SSSR count). The minimum atomic E-state index is -3.51. The molecule has 0 saturated carbocycles. The van der Waals surface area contributed by atoms with Gasteiger partial charge in [-0.1, -0.05) is 6.07 Å². The number of morpholine rings is 1. The summed E-state index contributed by atoms with van der Waals surface area (Å²) >= 11 is 1.27. The van der Waals surface area contributed by atoms with Gasteiger partial charge in [-0.3, -0.25) is 4.72 Å². The number of sulfonamides is 1. The first kappa shape index (κ1) is 15.3. The van der Waals surface area contributed by atoms with E-state index in [-0.39, 0.29) is 0 Å². The van der Waals surface area contributed by atoms with Gasteiger partial charge in [0.05, 0.1) is 18.9 Å². The Labute approximate surface area is 134 Å². The number of ether oxygens (including phenoxy) is 1. The fourth-order valence-corrected chi connectivity index (χ4v) is 4.68. The topological polar surface area (TPSA) is 58.6 Å². The zero-order valence-corrected chi connectivity index (χ0v) is 13.9. The van der Waals surface area contributed by atoms with Crippen LogP contribution in [0.3, 0.4) is 0 Å². The van der Waals surface area contributed by atoms with E-state index in [0.29, 0.717) is 23.1 Å². The molecule has 1 fully saturated rings. The van der Waals surface area contributed by atoms with Gasteiger partial charge in [-0.15, -0.1) is 11.3 Å². The number of nitrogens with one attached hydrogen (secondary N) is 1. The van der Waals surface area contributed by atoms with Crippen molar-refractivity contribution in [3.8, 4) is 0 Å². The molecule has 1 N–H and O–H groups in total. The summed E-state index contributed by atoms with van der Waals surface area (Å²) in [5.41, 5.74) is 1.58. The maximum atomic E-state index is 12.4. The van der Waals surface area contributed by atoms with Crippen LogP contribution in [0.1, 0.15) is 4.88 Å². The summed E-state index contributed by atoms with van der Waals surface area (Å²) in [4.78, 5) is 3.17. The molecule has 1 saturated heterocycles. The number of nitrogens with zero attached hydrogens (tertiary/aromatic N) is 1. The molecule has 0 spiro atoms. The molecular weight excluding hydrogens is 320 g/mol. The maximum Gasteiger partial charge on any atom is 0.271 e. The molecule has 7 heteroatoms. The zero-order chi connectivity index (χ0) is 15.6. The molecule has 1 aromatic carbocycles. The van der Waals surface area contributed by atoms with Gasteiger partial charge in [-0.05, 0) is 37.3 Å². The first-order valence-corrected chi connectivity index (χ1v) is 9.36. The fraction of sp³-hybridized carbons (Fsp3) is 0.333. The lowest BCUT2D eigenvalue weighted by Gasteiger charge is -2.29. The van der Waals surface area contributed by atoms with Crippen LogP contribution in [0.5, 0.6) is 0 Å². The highest BCUT2D eigenvalue weighted by Crippen LogP contribution is 2.26. The van der Waals surface area contributed by atoms with Gasteiger partial charge in [0.15, 0.2) is 0 Å². The minimum Gasteiger partial charge on any atom is -0.378 e. The Morgan fingerprint density at radius 1 is 1.18 bits per heavy atom. The third-order valence-corrected chi connectivity index (χ3v) is 6.33. The number of hydrogen-bond donors (Lipinski definition) is 1. The van der Waals surface area contributed by atoms with E-state index in [1.165, 1.54) is 11.3 Å². The number of hydrogen-bond acceptors (Lipinski definition) is 5. The van der Waals surface area contributed by atoms with Crippen molar-refractivity contribution in [1.82, 2.24) is 0 Å². The van der Waals surface area contributed by atoms with Gasteiger partial charge in [-0.2, -0.15) is 0 Å². The predicted molar refractivity (Wildman–Crippen MR) is 89.3 cm³/mol. The predicted octanol–water partition coefficient (Wildman–Crippen LogP) is 2.69. The molecule has 0 unspecified atom stereocenters. The lowest BCUT2D eigenvalue weighted by atomic mass is 10.2. The van der Waals surface area contributed by atoms with Gasteiger partial charge in [0, 0.05) is 23.7 Å². The van der Waals surface area contributed by atoms with Gasteiger partial charge in [0.2, 0.25) is 0 Å². The molecule has 1 aromatic heterocycles. The van der Waals surface area contributed by atoms with Crippen LogP contribution >= 0.6 is 11.3 Å². The van der Waals surface area contributed by atoms with Crippen LogP contribution in [0.4, 0.5) is 11.4 Å². The van der Waals surface area contributed by atoms with E-state index in [1.807, 2.05) is 31.2 Å². The summed E-state index contributed by atoms with van der Waals surface area (Å²) in [6, 6.07) is 10.9. The average Bonchev–Trinajstić information content (AvgIpc) is 2.96. The van der Waals surface area contributed by atoms with Crippen molar-refractivity contribution in [2.75, 3.05) is 35.9 Å². The Hall–Kier alpha value is -1.57. The van der Waals surface area contributed by atoms with Crippen molar-refractivity contribution in [1.29, 1.82) is 0 Å². The number of rotatable bonds is 4. The molecular formula is C15H18N2O3S2. The zero-order valence-electron chi connectivity index (χ0n) is 12.3. The Morgan fingerprint density at radius 3 is 2.64 bits per heavy atom. The quantitative estimate of drug-likeness (QED) is 0.931. The summed E-state index contributed by atoms with van der Waals surface area (Å²) < 4.78 is 33.1. The van der Waals surface area contributed by atoms with Crippen molar-refractivity contribution in [2.45, 2.75) is 11.1 Å². The van der Waals surface area contributed by atoms with Gasteiger partial charge in [0.25, 0.3) is 10.0 Å². The third kappa shape index (κ3) is 3.43. The Balaban J connectivity index is 1.80. The van der Waals surface area contributed by atoms with Crippen molar-refractivity contribution < 1.29 is 13.2 Å². The van der Waals surface area contributed by atoms with E-state index in [0.717, 1.165) is 23.7 Å². The molecule has 2 aromatic rings. The molecule has 0 bridgehead atoms. The smallest absolute Gasteiger partial charge is 0.271 e. The van der Waals surface area contributed by atoms with Crippen molar-refractivity contribution in [2.24, 2.45) is 0 Å². The lowest BCUT2D eigenvalue weighted by Crippen LogP contribution is -2.36. The van der Waals surface area contributed by atoms with Crippen molar-refractivity contribution >= 4 is 32.7 Å². The third-order valence-electron chi connectivity index (χ3n) is 3.46. The molecule has 0 amide bonds. The molecule has 0 radical (unpaired) electrons. The standard InChI is InChI=1S/C15H18N2O3S2/c1-12-5-6-15(21-12)22(18,19)16-13-3-2-4-14(11-13)17-7-9-20-10-8-17/h2-6,11,16H,7-10H2,1H3. The summed E-state index contributed by atoms with van der Waals surface area (Å²) in [5.74, 6) is 0. The summed E-state index contributed by atoms with van der Waals surface area (Å²) in [6.45, 7) is 4.93. The fourth-order valence-electron chi connectivity index (χ4n) is 2.35. The molecule has 0 aliphatic carbocycles. The summed E-state index contributed by atoms with van der Waals surface area (Å²) in [5, 5.41) is 0. The Morgan fingerprint density at radius 2 is 1.95 bits per heavy atom. The highest BCUT2D eigenvalue weighted by atomic mass is 32.2. The monoisotopic (exact) mass is 338 g/mol. The average molecular weight is 338 g/mol. The lowest BCUT2D eigenvalue weighted by molar-refractivity contribution is 0.122. The van der Waals surface area contributed by atoms with E-state index in [4.69, 9.17) is 4.74 Å². The first-order valence-electron chi connectivity index (χ1n) is 7.07. The van der Waals surface area contributed by atoms with E-state index in [2.05, 4.69) is 9.62 Å². The highest BCUT2D eigenvalue weighted by molar-refractivity contribution is 7.94. The molecule has 1 aliphatic heterocycles. The van der Waals surface area contributed by atoms with Gasteiger partial charge in [0.1, 0.15) is 4.21 Å².